The van der Waals surface area contributed by atoms with Crippen LogP contribution < -0.4 is 10.2 Å². The lowest BCUT2D eigenvalue weighted by Gasteiger charge is -2.40. The van der Waals surface area contributed by atoms with E-state index in [1.807, 2.05) is 37.3 Å². The van der Waals surface area contributed by atoms with Gasteiger partial charge in [-0.05, 0) is 79.9 Å². The van der Waals surface area contributed by atoms with E-state index < -0.39 is 0 Å². The largest absolute Gasteiger partial charge is 0.326 e. The third-order valence-corrected chi connectivity index (χ3v) is 6.86. The van der Waals surface area contributed by atoms with Crippen LogP contribution >= 0.6 is 0 Å². The molecule has 5 heteroatoms. The highest BCUT2D eigenvalue weighted by Gasteiger charge is 2.46. The number of nitrogens with one attached hydrogen (secondary N) is 1. The molecule has 0 aromatic heterocycles. The second-order valence-corrected chi connectivity index (χ2v) is 9.09. The van der Waals surface area contributed by atoms with E-state index >= 15 is 0 Å². The van der Waals surface area contributed by atoms with E-state index in [-0.39, 0.29) is 17.3 Å². The Morgan fingerprint density at radius 2 is 1.78 bits per heavy atom. The lowest BCUT2D eigenvalue weighted by atomic mass is 9.74. The summed E-state index contributed by atoms with van der Waals surface area (Å²) in [4.78, 5) is 17.5. The fourth-order valence-electron chi connectivity index (χ4n) is 5.14. The van der Waals surface area contributed by atoms with Crippen LogP contribution in [0, 0.1) is 12.7 Å². The van der Waals surface area contributed by atoms with Gasteiger partial charge in [-0.15, -0.1) is 0 Å². The van der Waals surface area contributed by atoms with Gasteiger partial charge < -0.3 is 5.32 Å². The highest BCUT2D eigenvalue weighted by Crippen LogP contribution is 2.47. The third kappa shape index (κ3) is 4.00. The first-order valence-electron chi connectivity index (χ1n) is 11.2. The molecule has 4 nitrogen and oxygen atoms in total. The molecule has 3 aromatic rings. The normalized spacial score (nSPS) is 17.4. The van der Waals surface area contributed by atoms with Gasteiger partial charge in [0, 0.05) is 29.9 Å². The molecule has 0 saturated carbocycles. The minimum atomic E-state index is -0.240. The van der Waals surface area contributed by atoms with Crippen LogP contribution in [0.25, 0.3) is 0 Å². The molecule has 2 heterocycles. The Labute approximate surface area is 188 Å². The van der Waals surface area contributed by atoms with Gasteiger partial charge in [0.1, 0.15) is 5.82 Å². The van der Waals surface area contributed by atoms with E-state index in [1.54, 1.807) is 17.0 Å². The molecule has 164 valence electrons. The molecular formula is C27H28FN3O. The van der Waals surface area contributed by atoms with Gasteiger partial charge in [-0.1, -0.05) is 42.5 Å². The van der Waals surface area contributed by atoms with E-state index in [2.05, 4.69) is 34.5 Å². The van der Waals surface area contributed by atoms with Crippen molar-refractivity contribution in [3.05, 3.63) is 95.3 Å². The summed E-state index contributed by atoms with van der Waals surface area (Å²) in [6.45, 7) is 5.37. The molecular weight excluding hydrogens is 401 g/mol. The summed E-state index contributed by atoms with van der Waals surface area (Å²) in [6, 6.07) is 23.0. The molecule has 0 radical (unpaired) electrons. The molecule has 0 atom stereocenters. The molecule has 1 fully saturated rings. The first-order chi connectivity index (χ1) is 15.5. The number of likely N-dealkylation sites (tertiary alicyclic amines) is 1. The summed E-state index contributed by atoms with van der Waals surface area (Å²) in [5, 5.41) is 3.03. The molecule has 0 aliphatic carbocycles. The highest BCUT2D eigenvalue weighted by atomic mass is 19.1. The number of aryl methyl sites for hydroxylation is 1. The maximum Gasteiger partial charge on any atom is 0.326 e. The smallest absolute Gasteiger partial charge is 0.308 e. The summed E-state index contributed by atoms with van der Waals surface area (Å²) in [5.74, 6) is -0.240. The fraction of sp³-hybridized carbons (Fsp3) is 0.296. The Balaban J connectivity index is 1.35. The van der Waals surface area contributed by atoms with Gasteiger partial charge in [-0.25, -0.2) is 9.18 Å². The highest BCUT2D eigenvalue weighted by molar-refractivity contribution is 6.03. The molecule has 0 unspecified atom stereocenters. The number of amides is 2. The Kier molecular flexibility index (Phi) is 5.43. The minimum absolute atomic E-state index is 0.160. The predicted octanol–water partition coefficient (Wildman–Crippen LogP) is 5.72. The Morgan fingerprint density at radius 1 is 1.00 bits per heavy atom. The summed E-state index contributed by atoms with van der Waals surface area (Å²) in [7, 11) is 0. The van der Waals surface area contributed by atoms with Crippen LogP contribution in [-0.2, 0) is 12.0 Å². The van der Waals surface area contributed by atoms with Gasteiger partial charge >= 0.3 is 6.03 Å². The summed E-state index contributed by atoms with van der Waals surface area (Å²) >= 11 is 0. The van der Waals surface area contributed by atoms with Crippen molar-refractivity contribution in [1.82, 2.24) is 4.90 Å². The molecule has 0 bridgehead atoms. The monoisotopic (exact) mass is 429 g/mol. The molecule has 5 rings (SSSR count). The summed E-state index contributed by atoms with van der Waals surface area (Å²) in [5.41, 5.74) is 4.77. The second-order valence-electron chi connectivity index (χ2n) is 9.09. The molecule has 1 N–H and O–H groups in total. The van der Waals surface area contributed by atoms with E-state index in [4.69, 9.17) is 0 Å². The number of urea groups is 1. The average Bonchev–Trinajstić information content (AvgIpc) is 3.10. The molecule has 2 aliphatic heterocycles. The number of fused-ring (bicyclic) bond motifs is 2. The van der Waals surface area contributed by atoms with Crippen molar-refractivity contribution in [2.24, 2.45) is 0 Å². The van der Waals surface area contributed by atoms with Crippen LogP contribution in [0.4, 0.5) is 20.6 Å². The molecule has 1 saturated heterocycles. The molecule has 2 amide bonds. The maximum absolute atomic E-state index is 14.3. The van der Waals surface area contributed by atoms with Crippen molar-refractivity contribution in [3.8, 4) is 0 Å². The Bertz CT molecular complexity index is 1120. The quantitative estimate of drug-likeness (QED) is 0.578. The van der Waals surface area contributed by atoms with Gasteiger partial charge in [-0.2, -0.15) is 0 Å². The zero-order chi connectivity index (χ0) is 22.1. The maximum atomic E-state index is 14.3. The van der Waals surface area contributed by atoms with Crippen molar-refractivity contribution >= 4 is 17.4 Å². The first kappa shape index (κ1) is 20.7. The third-order valence-electron chi connectivity index (χ3n) is 6.86. The van der Waals surface area contributed by atoms with Gasteiger partial charge in [0.2, 0.25) is 0 Å². The predicted molar refractivity (Wildman–Crippen MR) is 127 cm³/mol. The minimum Gasteiger partial charge on any atom is -0.308 e. The number of carbonyl (C=O) groups excluding carboxylic acids is 1. The fourth-order valence-corrected chi connectivity index (χ4v) is 5.14. The van der Waals surface area contributed by atoms with Crippen LogP contribution in [0.15, 0.2) is 72.8 Å². The zero-order valence-corrected chi connectivity index (χ0v) is 18.4. The second kappa shape index (κ2) is 8.40. The van der Waals surface area contributed by atoms with E-state index in [0.717, 1.165) is 55.0 Å². The first-order valence-corrected chi connectivity index (χ1v) is 11.2. The van der Waals surface area contributed by atoms with Gasteiger partial charge in [0.25, 0.3) is 0 Å². The van der Waals surface area contributed by atoms with Gasteiger partial charge in [0.15, 0.2) is 0 Å². The number of hydrogen-bond acceptors (Lipinski definition) is 2. The van der Waals surface area contributed by atoms with Gasteiger partial charge in [-0.3, -0.25) is 9.80 Å². The van der Waals surface area contributed by atoms with Crippen molar-refractivity contribution < 1.29 is 9.18 Å². The van der Waals surface area contributed by atoms with Crippen LogP contribution in [0.5, 0.6) is 0 Å². The standard InChI is InChI=1S/C27H28FN3O/c1-20-6-5-9-23(16-20)29-26(32)31-19-27(24-17-22(28)10-11-25(24)31)12-14-30(15-13-27)18-21-7-3-2-4-8-21/h2-11,16-17H,12-15,18-19H2,1H3,(H,29,32). The van der Waals surface area contributed by atoms with E-state index in [1.165, 1.54) is 11.6 Å². The number of carbonyl (C=O) groups is 1. The van der Waals surface area contributed by atoms with Crippen LogP contribution in [0.3, 0.4) is 0 Å². The number of halogens is 1. The number of piperidine rings is 1. The van der Waals surface area contributed by atoms with Crippen LogP contribution in [0.1, 0.15) is 29.5 Å². The number of anilines is 2. The number of benzene rings is 3. The lowest BCUT2D eigenvalue weighted by Crippen LogP contribution is -2.46. The van der Waals surface area contributed by atoms with Crippen molar-refractivity contribution in [2.75, 3.05) is 29.9 Å². The number of nitrogens with zero attached hydrogens (tertiary/aromatic N) is 2. The topological polar surface area (TPSA) is 35.6 Å². The SMILES string of the molecule is Cc1cccc(NC(=O)N2CC3(CCN(Cc4ccccc4)CC3)c3cc(F)ccc32)c1. The Morgan fingerprint density at radius 3 is 2.53 bits per heavy atom. The summed E-state index contributed by atoms with van der Waals surface area (Å²) < 4.78 is 14.3. The zero-order valence-electron chi connectivity index (χ0n) is 18.4. The Hall–Kier alpha value is -3.18. The molecule has 1 spiro atoms. The van der Waals surface area contributed by atoms with Crippen molar-refractivity contribution in [2.45, 2.75) is 31.7 Å². The average molecular weight is 430 g/mol. The number of hydrogen-bond donors (Lipinski definition) is 1. The van der Waals surface area contributed by atoms with Gasteiger partial charge in [0.05, 0.1) is 0 Å². The van der Waals surface area contributed by atoms with Crippen molar-refractivity contribution in [3.63, 3.8) is 0 Å². The van der Waals surface area contributed by atoms with Crippen molar-refractivity contribution in [1.29, 1.82) is 0 Å². The number of rotatable bonds is 3. The van der Waals surface area contributed by atoms with E-state index in [9.17, 15) is 9.18 Å². The molecule has 2 aliphatic rings. The lowest BCUT2D eigenvalue weighted by molar-refractivity contribution is 0.160. The summed E-state index contributed by atoms with van der Waals surface area (Å²) in [6.07, 6.45) is 1.81. The molecule has 3 aromatic carbocycles. The molecule has 32 heavy (non-hydrogen) atoms. The van der Waals surface area contributed by atoms with Crippen LogP contribution in [-0.4, -0.2) is 30.6 Å². The van der Waals surface area contributed by atoms with E-state index in [0.29, 0.717) is 6.54 Å². The van der Waals surface area contributed by atoms with Crippen LogP contribution in [0.2, 0.25) is 0 Å².